The predicted octanol–water partition coefficient (Wildman–Crippen LogP) is 1.75. The van der Waals surface area contributed by atoms with Gasteiger partial charge in [0, 0.05) is 26.6 Å². The summed E-state index contributed by atoms with van der Waals surface area (Å²) in [7, 11) is 3.72. The highest BCUT2D eigenvalue weighted by Gasteiger charge is 2.19. The number of furan rings is 1. The fourth-order valence-electron chi connectivity index (χ4n) is 1.75. The molecule has 1 atom stereocenters. The van der Waals surface area contributed by atoms with Gasteiger partial charge in [-0.2, -0.15) is 0 Å². The highest BCUT2D eigenvalue weighted by Crippen LogP contribution is 2.26. The van der Waals surface area contributed by atoms with Gasteiger partial charge in [-0.3, -0.25) is 4.79 Å². The lowest BCUT2D eigenvalue weighted by atomic mass is 10.2. The molecule has 0 aromatic carbocycles. The lowest BCUT2D eigenvalue weighted by Crippen LogP contribution is -2.33. The Labute approximate surface area is 121 Å². The van der Waals surface area contributed by atoms with E-state index in [0.29, 0.717) is 16.4 Å². The van der Waals surface area contributed by atoms with E-state index in [1.807, 2.05) is 38.1 Å². The first-order valence-corrected chi connectivity index (χ1v) is 7.06. The molecule has 7 heteroatoms. The normalized spacial score (nSPS) is 12.2. The fraction of sp³-hybridized carbons (Fsp3) is 0.385. The molecule has 1 amide bonds. The molecule has 2 heterocycles. The minimum atomic E-state index is -0.202. The summed E-state index contributed by atoms with van der Waals surface area (Å²) in [5.41, 5.74) is 5.79. The Kier molecular flexibility index (Phi) is 4.29. The molecular formula is C13H18N4O2S. The third-order valence-electron chi connectivity index (χ3n) is 2.70. The lowest BCUT2D eigenvalue weighted by molar-refractivity contribution is 0.0944. The molecule has 0 spiro atoms. The first kappa shape index (κ1) is 14.4. The van der Waals surface area contributed by atoms with E-state index in [1.54, 1.807) is 6.26 Å². The molecule has 2 aromatic rings. The topological polar surface area (TPSA) is 84.4 Å². The van der Waals surface area contributed by atoms with Crippen molar-refractivity contribution in [1.82, 2.24) is 10.3 Å². The van der Waals surface area contributed by atoms with Gasteiger partial charge < -0.3 is 20.4 Å². The van der Waals surface area contributed by atoms with Crippen LogP contribution in [0.15, 0.2) is 22.8 Å². The summed E-state index contributed by atoms with van der Waals surface area (Å²) in [4.78, 5) is 18.6. The van der Waals surface area contributed by atoms with Crippen molar-refractivity contribution in [3.63, 3.8) is 0 Å². The number of thiazole rings is 1. The number of hydrogen-bond acceptors (Lipinski definition) is 6. The number of nitrogens with one attached hydrogen (secondary N) is 1. The van der Waals surface area contributed by atoms with Gasteiger partial charge in [0.2, 0.25) is 0 Å². The maximum Gasteiger partial charge on any atom is 0.265 e. The van der Waals surface area contributed by atoms with Gasteiger partial charge in [-0.1, -0.05) is 11.3 Å². The van der Waals surface area contributed by atoms with Gasteiger partial charge in [0.05, 0.1) is 6.26 Å². The first-order valence-electron chi connectivity index (χ1n) is 6.24. The Hall–Kier alpha value is -2.02. The number of nitrogens with two attached hydrogens (primary N) is 1. The molecule has 20 heavy (non-hydrogen) atoms. The van der Waals surface area contributed by atoms with E-state index in [2.05, 4.69) is 10.3 Å². The highest BCUT2D eigenvalue weighted by atomic mass is 32.1. The van der Waals surface area contributed by atoms with Crippen LogP contribution in [0.5, 0.6) is 0 Å². The summed E-state index contributed by atoms with van der Waals surface area (Å²) in [6.07, 6.45) is 2.26. The molecule has 0 saturated heterocycles. The Morgan fingerprint density at radius 3 is 2.90 bits per heavy atom. The summed E-state index contributed by atoms with van der Waals surface area (Å²) in [6, 6.07) is 3.67. The van der Waals surface area contributed by atoms with Crippen molar-refractivity contribution in [2.45, 2.75) is 19.4 Å². The highest BCUT2D eigenvalue weighted by molar-refractivity contribution is 7.18. The van der Waals surface area contributed by atoms with Gasteiger partial charge in [0.15, 0.2) is 5.13 Å². The number of rotatable bonds is 5. The minimum absolute atomic E-state index is 0.0436. The number of amides is 1. The Balaban J connectivity index is 2.00. The van der Waals surface area contributed by atoms with Crippen LogP contribution >= 0.6 is 11.3 Å². The molecule has 2 aromatic heterocycles. The van der Waals surface area contributed by atoms with Crippen LogP contribution in [-0.4, -0.2) is 31.0 Å². The van der Waals surface area contributed by atoms with Crippen LogP contribution in [0.25, 0.3) is 0 Å². The number of carbonyl (C=O) groups excluding carboxylic acids is 1. The molecule has 3 N–H and O–H groups in total. The Bertz CT molecular complexity index is 577. The number of nitrogens with zero attached hydrogens (tertiary/aromatic N) is 2. The van der Waals surface area contributed by atoms with Crippen LogP contribution in [0.1, 0.15) is 22.4 Å². The number of anilines is 2. The van der Waals surface area contributed by atoms with Crippen LogP contribution in [0, 0.1) is 0 Å². The van der Waals surface area contributed by atoms with Gasteiger partial charge in [0.25, 0.3) is 5.91 Å². The largest absolute Gasteiger partial charge is 0.469 e. The summed E-state index contributed by atoms with van der Waals surface area (Å²) >= 11 is 1.28. The quantitative estimate of drug-likeness (QED) is 0.877. The number of nitrogen functional groups attached to an aromatic ring is 1. The zero-order valence-corrected chi connectivity index (χ0v) is 12.5. The van der Waals surface area contributed by atoms with E-state index >= 15 is 0 Å². The zero-order chi connectivity index (χ0) is 14.7. The van der Waals surface area contributed by atoms with Crippen LogP contribution in [0.3, 0.4) is 0 Å². The molecule has 0 bridgehead atoms. The van der Waals surface area contributed by atoms with Crippen LogP contribution in [0.2, 0.25) is 0 Å². The third kappa shape index (κ3) is 3.30. The number of carbonyl (C=O) groups is 1. The van der Waals surface area contributed by atoms with Crippen molar-refractivity contribution in [3.05, 3.63) is 29.0 Å². The molecular weight excluding hydrogens is 276 g/mol. The van der Waals surface area contributed by atoms with Crippen LogP contribution in [-0.2, 0) is 6.42 Å². The number of aromatic nitrogens is 1. The lowest BCUT2D eigenvalue weighted by Gasteiger charge is -2.11. The third-order valence-corrected chi connectivity index (χ3v) is 3.93. The van der Waals surface area contributed by atoms with Gasteiger partial charge in [-0.05, 0) is 19.1 Å². The van der Waals surface area contributed by atoms with Crippen molar-refractivity contribution < 1.29 is 9.21 Å². The summed E-state index contributed by atoms with van der Waals surface area (Å²) in [6.45, 7) is 1.92. The molecule has 0 saturated carbocycles. The standard InChI is InChI=1S/C13H18N4O2S/c1-8(7-9-5-4-6-19-9)15-12(18)10-11(14)16-13(20-10)17(2)3/h4-6,8H,7,14H2,1-3H3,(H,15,18). The van der Waals surface area contributed by atoms with Crippen molar-refractivity contribution in [1.29, 1.82) is 0 Å². The Morgan fingerprint density at radius 2 is 2.35 bits per heavy atom. The summed E-state index contributed by atoms with van der Waals surface area (Å²) in [5, 5.41) is 3.61. The van der Waals surface area contributed by atoms with E-state index in [9.17, 15) is 4.79 Å². The predicted molar refractivity (Wildman–Crippen MR) is 80.2 cm³/mol. The van der Waals surface area contributed by atoms with E-state index in [0.717, 1.165) is 5.76 Å². The molecule has 1 unspecified atom stereocenters. The SMILES string of the molecule is CC(Cc1ccco1)NC(=O)c1sc(N(C)C)nc1N. The van der Waals surface area contributed by atoms with E-state index in [1.165, 1.54) is 11.3 Å². The van der Waals surface area contributed by atoms with Crippen LogP contribution < -0.4 is 16.0 Å². The summed E-state index contributed by atoms with van der Waals surface area (Å²) in [5.74, 6) is 0.901. The molecule has 0 aliphatic rings. The molecule has 108 valence electrons. The average molecular weight is 294 g/mol. The van der Waals surface area contributed by atoms with Gasteiger partial charge in [0.1, 0.15) is 16.5 Å². The van der Waals surface area contributed by atoms with Crippen molar-refractivity contribution >= 4 is 28.2 Å². The van der Waals surface area contributed by atoms with Gasteiger partial charge >= 0.3 is 0 Å². The van der Waals surface area contributed by atoms with Crippen LogP contribution in [0.4, 0.5) is 10.9 Å². The average Bonchev–Trinajstić information content (AvgIpc) is 2.98. The first-order chi connectivity index (χ1) is 9.47. The second kappa shape index (κ2) is 5.96. The smallest absolute Gasteiger partial charge is 0.265 e. The zero-order valence-electron chi connectivity index (χ0n) is 11.7. The van der Waals surface area contributed by atoms with E-state index in [4.69, 9.17) is 10.2 Å². The molecule has 0 aliphatic heterocycles. The fourth-order valence-corrected chi connectivity index (χ4v) is 2.56. The molecule has 0 radical (unpaired) electrons. The van der Waals surface area contributed by atoms with Gasteiger partial charge in [-0.25, -0.2) is 4.98 Å². The maximum absolute atomic E-state index is 12.2. The molecule has 0 fully saturated rings. The Morgan fingerprint density at radius 1 is 1.60 bits per heavy atom. The maximum atomic E-state index is 12.2. The second-order valence-electron chi connectivity index (χ2n) is 4.76. The molecule has 0 aliphatic carbocycles. The second-order valence-corrected chi connectivity index (χ2v) is 5.74. The van der Waals surface area contributed by atoms with E-state index in [-0.39, 0.29) is 17.8 Å². The monoisotopic (exact) mass is 294 g/mol. The summed E-state index contributed by atoms with van der Waals surface area (Å²) < 4.78 is 5.26. The molecule has 2 rings (SSSR count). The van der Waals surface area contributed by atoms with Gasteiger partial charge in [-0.15, -0.1) is 0 Å². The van der Waals surface area contributed by atoms with Crippen molar-refractivity contribution in [3.8, 4) is 0 Å². The minimum Gasteiger partial charge on any atom is -0.469 e. The van der Waals surface area contributed by atoms with Crippen molar-refractivity contribution in [2.75, 3.05) is 24.7 Å². The number of hydrogen-bond donors (Lipinski definition) is 2. The van der Waals surface area contributed by atoms with E-state index < -0.39 is 0 Å². The van der Waals surface area contributed by atoms with Crippen molar-refractivity contribution in [2.24, 2.45) is 0 Å². The molecule has 6 nitrogen and oxygen atoms in total.